The lowest BCUT2D eigenvalue weighted by Gasteiger charge is -2.14. The van der Waals surface area contributed by atoms with Gasteiger partial charge in [0, 0.05) is 28.7 Å². The molecule has 2 aromatic carbocycles. The van der Waals surface area contributed by atoms with Crippen LogP contribution in [0.5, 0.6) is 11.5 Å². The number of ether oxygens (including phenoxy) is 1. The van der Waals surface area contributed by atoms with E-state index in [9.17, 15) is 4.39 Å². The molecular formula is C16H17BrFNO. The Morgan fingerprint density at radius 2 is 2.00 bits per heavy atom. The minimum atomic E-state index is -0.304. The maximum atomic E-state index is 13.2. The molecule has 0 amide bonds. The van der Waals surface area contributed by atoms with E-state index in [1.807, 2.05) is 18.2 Å². The van der Waals surface area contributed by atoms with Crippen LogP contribution in [-0.4, -0.2) is 6.04 Å². The smallest absolute Gasteiger partial charge is 0.131 e. The molecule has 0 aliphatic carbocycles. The first-order valence-electron chi connectivity index (χ1n) is 6.50. The lowest BCUT2D eigenvalue weighted by atomic mass is 10.2. The molecule has 0 heterocycles. The van der Waals surface area contributed by atoms with E-state index in [-0.39, 0.29) is 5.82 Å². The lowest BCUT2D eigenvalue weighted by molar-refractivity contribution is 0.464. The van der Waals surface area contributed by atoms with Gasteiger partial charge in [-0.2, -0.15) is 0 Å². The van der Waals surface area contributed by atoms with Crippen molar-refractivity contribution < 1.29 is 9.13 Å². The van der Waals surface area contributed by atoms with Crippen molar-refractivity contribution in [3.05, 3.63) is 58.3 Å². The largest absolute Gasteiger partial charge is 0.457 e. The molecule has 0 aliphatic rings. The molecule has 0 saturated heterocycles. The molecule has 1 N–H and O–H groups in total. The van der Waals surface area contributed by atoms with Crippen LogP contribution in [0.2, 0.25) is 0 Å². The molecule has 4 heteroatoms. The van der Waals surface area contributed by atoms with E-state index in [1.165, 1.54) is 12.1 Å². The van der Waals surface area contributed by atoms with Crippen LogP contribution in [0.1, 0.15) is 19.4 Å². The highest BCUT2D eigenvalue weighted by Gasteiger charge is 2.07. The standard InChI is InChI=1S/C16H17BrFNO/c1-11(2)19-10-12-8-13(17)6-7-16(12)20-15-5-3-4-14(18)9-15/h3-9,11,19H,10H2,1-2H3. The van der Waals surface area contributed by atoms with Gasteiger partial charge in [-0.25, -0.2) is 4.39 Å². The summed E-state index contributed by atoms with van der Waals surface area (Å²) < 4.78 is 20.0. The average Bonchev–Trinajstić information content (AvgIpc) is 2.39. The van der Waals surface area contributed by atoms with Gasteiger partial charge in [0.2, 0.25) is 0 Å². The number of halogens is 2. The summed E-state index contributed by atoms with van der Waals surface area (Å²) in [4.78, 5) is 0. The molecule has 2 rings (SSSR count). The molecule has 0 bridgehead atoms. The first-order chi connectivity index (χ1) is 9.54. The second-order valence-corrected chi connectivity index (χ2v) is 5.76. The summed E-state index contributed by atoms with van der Waals surface area (Å²) in [6.07, 6.45) is 0. The monoisotopic (exact) mass is 337 g/mol. The number of benzene rings is 2. The van der Waals surface area contributed by atoms with Crippen molar-refractivity contribution in [2.24, 2.45) is 0 Å². The topological polar surface area (TPSA) is 21.3 Å². The van der Waals surface area contributed by atoms with Gasteiger partial charge < -0.3 is 10.1 Å². The maximum Gasteiger partial charge on any atom is 0.131 e. The molecule has 0 saturated carbocycles. The van der Waals surface area contributed by atoms with Gasteiger partial charge >= 0.3 is 0 Å². The summed E-state index contributed by atoms with van der Waals surface area (Å²) in [5, 5.41) is 3.35. The van der Waals surface area contributed by atoms with Gasteiger partial charge in [-0.05, 0) is 30.3 Å². The van der Waals surface area contributed by atoms with Crippen LogP contribution in [-0.2, 0) is 6.54 Å². The predicted molar refractivity (Wildman–Crippen MR) is 82.6 cm³/mol. The Bertz CT molecular complexity index is 586. The van der Waals surface area contributed by atoms with Gasteiger partial charge in [0.15, 0.2) is 0 Å². The fourth-order valence-electron chi connectivity index (χ4n) is 1.76. The average molecular weight is 338 g/mol. The number of hydrogen-bond acceptors (Lipinski definition) is 2. The van der Waals surface area contributed by atoms with E-state index < -0.39 is 0 Å². The van der Waals surface area contributed by atoms with Gasteiger partial charge in [-0.3, -0.25) is 0 Å². The number of hydrogen-bond donors (Lipinski definition) is 1. The van der Waals surface area contributed by atoms with Gasteiger partial charge in [0.25, 0.3) is 0 Å². The third-order valence-electron chi connectivity index (χ3n) is 2.75. The van der Waals surface area contributed by atoms with Gasteiger partial charge in [-0.1, -0.05) is 35.8 Å². The highest BCUT2D eigenvalue weighted by atomic mass is 79.9. The molecule has 0 spiro atoms. The molecule has 20 heavy (non-hydrogen) atoms. The fraction of sp³-hybridized carbons (Fsp3) is 0.250. The van der Waals surface area contributed by atoms with E-state index >= 15 is 0 Å². The van der Waals surface area contributed by atoms with Crippen molar-refractivity contribution in [3.63, 3.8) is 0 Å². The van der Waals surface area contributed by atoms with Crippen LogP contribution in [0.25, 0.3) is 0 Å². The molecule has 2 nitrogen and oxygen atoms in total. The SMILES string of the molecule is CC(C)NCc1cc(Br)ccc1Oc1cccc(F)c1. The van der Waals surface area contributed by atoms with Crippen LogP contribution in [0.3, 0.4) is 0 Å². The Balaban J connectivity index is 2.21. The summed E-state index contributed by atoms with van der Waals surface area (Å²) in [5.74, 6) is 0.923. The molecule has 0 aromatic heterocycles. The van der Waals surface area contributed by atoms with Crippen LogP contribution in [0.15, 0.2) is 46.9 Å². The summed E-state index contributed by atoms with van der Waals surface area (Å²) >= 11 is 3.46. The van der Waals surface area contributed by atoms with E-state index in [4.69, 9.17) is 4.74 Å². The molecule has 0 radical (unpaired) electrons. The van der Waals surface area contributed by atoms with Crippen LogP contribution >= 0.6 is 15.9 Å². The van der Waals surface area contributed by atoms with Crippen LogP contribution < -0.4 is 10.1 Å². The van der Waals surface area contributed by atoms with Crippen LogP contribution in [0, 0.1) is 5.82 Å². The second-order valence-electron chi connectivity index (χ2n) is 4.85. The minimum absolute atomic E-state index is 0.304. The van der Waals surface area contributed by atoms with Crippen molar-refractivity contribution in [3.8, 4) is 11.5 Å². The second kappa shape index (κ2) is 6.86. The number of nitrogens with one attached hydrogen (secondary N) is 1. The van der Waals surface area contributed by atoms with E-state index in [1.54, 1.807) is 12.1 Å². The van der Waals surface area contributed by atoms with E-state index in [0.717, 1.165) is 15.8 Å². The van der Waals surface area contributed by atoms with Crippen molar-refractivity contribution in [1.29, 1.82) is 0 Å². The molecular weight excluding hydrogens is 321 g/mol. The Kier molecular flexibility index (Phi) is 5.15. The van der Waals surface area contributed by atoms with Crippen molar-refractivity contribution in [2.45, 2.75) is 26.4 Å². The first kappa shape index (κ1) is 15.0. The van der Waals surface area contributed by atoms with Crippen molar-refractivity contribution in [1.82, 2.24) is 5.32 Å². The zero-order chi connectivity index (χ0) is 14.5. The molecule has 0 aliphatic heterocycles. The van der Waals surface area contributed by atoms with Gasteiger partial charge in [0.1, 0.15) is 17.3 Å². The van der Waals surface area contributed by atoms with Gasteiger partial charge in [0.05, 0.1) is 0 Å². The van der Waals surface area contributed by atoms with Crippen molar-refractivity contribution in [2.75, 3.05) is 0 Å². The predicted octanol–water partition coefficient (Wildman–Crippen LogP) is 4.88. The highest BCUT2D eigenvalue weighted by molar-refractivity contribution is 9.10. The van der Waals surface area contributed by atoms with E-state index in [0.29, 0.717) is 18.3 Å². The summed E-state index contributed by atoms with van der Waals surface area (Å²) in [6.45, 7) is 4.87. The fourth-order valence-corrected chi connectivity index (χ4v) is 2.17. The molecule has 0 atom stereocenters. The summed E-state index contributed by atoms with van der Waals surface area (Å²) in [5.41, 5.74) is 1.03. The Morgan fingerprint density at radius 1 is 1.20 bits per heavy atom. The number of rotatable bonds is 5. The quantitative estimate of drug-likeness (QED) is 0.839. The lowest BCUT2D eigenvalue weighted by Crippen LogP contribution is -2.22. The first-order valence-corrected chi connectivity index (χ1v) is 7.29. The highest BCUT2D eigenvalue weighted by Crippen LogP contribution is 2.28. The Morgan fingerprint density at radius 3 is 2.70 bits per heavy atom. The third-order valence-corrected chi connectivity index (χ3v) is 3.24. The zero-order valence-electron chi connectivity index (χ0n) is 11.5. The van der Waals surface area contributed by atoms with Gasteiger partial charge in [-0.15, -0.1) is 0 Å². The van der Waals surface area contributed by atoms with Crippen molar-refractivity contribution >= 4 is 15.9 Å². The maximum absolute atomic E-state index is 13.2. The Labute approximate surface area is 127 Å². The summed E-state index contributed by atoms with van der Waals surface area (Å²) in [6, 6.07) is 12.3. The third kappa shape index (κ3) is 4.32. The Hall–Kier alpha value is -1.39. The minimum Gasteiger partial charge on any atom is -0.457 e. The summed E-state index contributed by atoms with van der Waals surface area (Å²) in [7, 11) is 0. The molecule has 0 fully saturated rings. The molecule has 106 valence electrons. The van der Waals surface area contributed by atoms with Crippen LogP contribution in [0.4, 0.5) is 4.39 Å². The molecule has 0 unspecified atom stereocenters. The zero-order valence-corrected chi connectivity index (χ0v) is 13.1. The van der Waals surface area contributed by atoms with E-state index in [2.05, 4.69) is 35.1 Å². The normalized spacial score (nSPS) is 10.8. The molecule has 2 aromatic rings.